The first-order valence-corrected chi connectivity index (χ1v) is 9.91. The second-order valence-electron chi connectivity index (χ2n) is 7.10. The first kappa shape index (κ1) is 20.0. The Labute approximate surface area is 175 Å². The molecule has 0 bridgehead atoms. The van der Waals surface area contributed by atoms with Crippen LogP contribution in [0.4, 0.5) is 0 Å². The molecule has 1 aliphatic heterocycles. The lowest BCUT2D eigenvalue weighted by molar-refractivity contribution is -0.00805. The molecule has 1 fully saturated rings. The fraction of sp³-hybridized carbons (Fsp3) is 0.381. The minimum atomic E-state index is -0.0136. The van der Waals surface area contributed by atoms with Crippen LogP contribution >= 0.6 is 0 Å². The largest absolute Gasteiger partial charge is 0.497 e. The van der Waals surface area contributed by atoms with Gasteiger partial charge in [0.25, 0.3) is 0 Å². The van der Waals surface area contributed by atoms with Crippen molar-refractivity contribution in [3.8, 4) is 11.4 Å². The highest BCUT2D eigenvalue weighted by molar-refractivity contribution is 5.80. The van der Waals surface area contributed by atoms with Gasteiger partial charge in [-0.2, -0.15) is 10.2 Å². The summed E-state index contributed by atoms with van der Waals surface area (Å²) in [5.74, 6) is 1.66. The maximum atomic E-state index is 5.93. The number of aryl methyl sites for hydroxylation is 1. The molecule has 158 valence electrons. The molecule has 4 rings (SSSR count). The molecule has 1 unspecified atom stereocenters. The molecule has 9 nitrogen and oxygen atoms in total. The van der Waals surface area contributed by atoms with Crippen LogP contribution in [0.1, 0.15) is 17.4 Å². The number of aromatic nitrogens is 4. The Morgan fingerprint density at radius 2 is 2.13 bits per heavy atom. The lowest BCUT2D eigenvalue weighted by Crippen LogP contribution is -2.47. The van der Waals surface area contributed by atoms with Gasteiger partial charge in [-0.1, -0.05) is 0 Å². The van der Waals surface area contributed by atoms with Crippen molar-refractivity contribution in [2.45, 2.75) is 12.6 Å². The summed E-state index contributed by atoms with van der Waals surface area (Å²) in [5.41, 5.74) is 3.00. The van der Waals surface area contributed by atoms with Crippen LogP contribution in [0, 0.1) is 0 Å². The smallest absolute Gasteiger partial charge is 0.194 e. The standard InChI is InChI=1S/C21H27N7O2/c1-22-21(27-10-11-30-20(15-27)16-12-24-26(2)14-16)23-13-17-8-9-28(25-17)18-4-6-19(29-3)7-5-18/h4-9,12,14,20H,10-11,13,15H2,1-3H3,(H,22,23). The van der Waals surface area contributed by atoms with Crippen LogP contribution in [-0.4, -0.2) is 64.3 Å². The van der Waals surface area contributed by atoms with Crippen molar-refractivity contribution in [2.24, 2.45) is 12.0 Å². The minimum Gasteiger partial charge on any atom is -0.497 e. The second-order valence-corrected chi connectivity index (χ2v) is 7.10. The number of ether oxygens (including phenoxy) is 2. The van der Waals surface area contributed by atoms with E-state index >= 15 is 0 Å². The Bertz CT molecular complexity index is 993. The predicted octanol–water partition coefficient (Wildman–Crippen LogP) is 1.76. The van der Waals surface area contributed by atoms with Crippen LogP contribution in [0.15, 0.2) is 53.9 Å². The highest BCUT2D eigenvalue weighted by Crippen LogP contribution is 2.21. The molecule has 1 N–H and O–H groups in total. The Morgan fingerprint density at radius 1 is 1.30 bits per heavy atom. The van der Waals surface area contributed by atoms with E-state index in [1.807, 2.05) is 60.7 Å². The summed E-state index contributed by atoms with van der Waals surface area (Å²) in [4.78, 5) is 6.66. The average Bonchev–Trinajstić information content (AvgIpc) is 3.44. The van der Waals surface area contributed by atoms with Crippen LogP contribution in [0.5, 0.6) is 5.75 Å². The summed E-state index contributed by atoms with van der Waals surface area (Å²) in [6, 6.07) is 9.81. The molecule has 0 amide bonds. The summed E-state index contributed by atoms with van der Waals surface area (Å²) >= 11 is 0. The molecule has 0 saturated carbocycles. The molecular formula is C21H27N7O2. The lowest BCUT2D eigenvalue weighted by Gasteiger charge is -2.34. The van der Waals surface area contributed by atoms with Crippen molar-refractivity contribution < 1.29 is 9.47 Å². The fourth-order valence-electron chi connectivity index (χ4n) is 3.49. The fourth-order valence-corrected chi connectivity index (χ4v) is 3.49. The summed E-state index contributed by atoms with van der Waals surface area (Å²) < 4.78 is 14.8. The predicted molar refractivity (Wildman–Crippen MR) is 114 cm³/mol. The number of hydrogen-bond donors (Lipinski definition) is 1. The van der Waals surface area contributed by atoms with E-state index in [1.165, 1.54) is 0 Å². The summed E-state index contributed by atoms with van der Waals surface area (Å²) in [6.45, 7) is 2.75. The van der Waals surface area contributed by atoms with Gasteiger partial charge in [0.15, 0.2) is 5.96 Å². The number of guanidine groups is 1. The molecule has 3 heterocycles. The number of hydrogen-bond acceptors (Lipinski definition) is 5. The first-order chi connectivity index (χ1) is 14.7. The van der Waals surface area contributed by atoms with E-state index in [-0.39, 0.29) is 6.10 Å². The third-order valence-electron chi connectivity index (χ3n) is 5.08. The third-order valence-corrected chi connectivity index (χ3v) is 5.08. The number of rotatable bonds is 5. The van der Waals surface area contributed by atoms with Gasteiger partial charge in [-0.3, -0.25) is 9.67 Å². The highest BCUT2D eigenvalue weighted by Gasteiger charge is 2.25. The van der Waals surface area contributed by atoms with Gasteiger partial charge < -0.3 is 19.7 Å². The summed E-state index contributed by atoms with van der Waals surface area (Å²) in [7, 11) is 5.37. The van der Waals surface area contributed by atoms with Crippen molar-refractivity contribution in [1.29, 1.82) is 0 Å². The summed E-state index contributed by atoms with van der Waals surface area (Å²) in [6.07, 6.45) is 5.79. The Morgan fingerprint density at radius 3 is 2.83 bits per heavy atom. The molecule has 3 aromatic rings. The molecule has 30 heavy (non-hydrogen) atoms. The number of methoxy groups -OCH3 is 1. The van der Waals surface area contributed by atoms with E-state index in [1.54, 1.807) is 18.8 Å². The molecule has 1 aliphatic rings. The molecular weight excluding hydrogens is 382 g/mol. The number of morpholine rings is 1. The molecule has 0 spiro atoms. The van der Waals surface area contributed by atoms with Crippen LogP contribution in [-0.2, 0) is 18.3 Å². The SMILES string of the molecule is CN=C(NCc1ccn(-c2ccc(OC)cc2)n1)N1CCOC(c2cnn(C)c2)C1. The van der Waals surface area contributed by atoms with E-state index in [2.05, 4.69) is 25.4 Å². The van der Waals surface area contributed by atoms with Crippen molar-refractivity contribution in [1.82, 2.24) is 29.8 Å². The van der Waals surface area contributed by atoms with Crippen molar-refractivity contribution >= 4 is 5.96 Å². The number of nitrogens with one attached hydrogen (secondary N) is 1. The number of aliphatic imine (C=N–C) groups is 1. The maximum absolute atomic E-state index is 5.93. The second kappa shape index (κ2) is 9.00. The zero-order valence-electron chi connectivity index (χ0n) is 17.5. The van der Waals surface area contributed by atoms with E-state index < -0.39 is 0 Å². The molecule has 1 aromatic carbocycles. The van der Waals surface area contributed by atoms with E-state index in [0.717, 1.165) is 41.7 Å². The quantitative estimate of drug-likeness (QED) is 0.511. The molecule has 1 atom stereocenters. The Balaban J connectivity index is 1.37. The monoisotopic (exact) mass is 409 g/mol. The van der Waals surface area contributed by atoms with Gasteiger partial charge >= 0.3 is 0 Å². The minimum absolute atomic E-state index is 0.0136. The van der Waals surface area contributed by atoms with E-state index in [4.69, 9.17) is 9.47 Å². The maximum Gasteiger partial charge on any atom is 0.194 e. The van der Waals surface area contributed by atoms with Crippen molar-refractivity contribution in [3.63, 3.8) is 0 Å². The molecule has 9 heteroatoms. The molecule has 0 aliphatic carbocycles. The Hall–Kier alpha value is -3.33. The van der Waals surface area contributed by atoms with Crippen LogP contribution in [0.3, 0.4) is 0 Å². The Kier molecular flexibility index (Phi) is 5.99. The van der Waals surface area contributed by atoms with Crippen LogP contribution in [0.2, 0.25) is 0 Å². The van der Waals surface area contributed by atoms with Gasteiger partial charge in [-0.05, 0) is 30.3 Å². The number of nitrogens with zero attached hydrogens (tertiary/aromatic N) is 6. The third kappa shape index (κ3) is 4.46. The number of benzene rings is 1. The average molecular weight is 409 g/mol. The van der Waals surface area contributed by atoms with Crippen LogP contribution < -0.4 is 10.1 Å². The van der Waals surface area contributed by atoms with Gasteiger partial charge in [0, 0.05) is 38.6 Å². The zero-order chi connectivity index (χ0) is 20.9. The van der Waals surface area contributed by atoms with Crippen LogP contribution in [0.25, 0.3) is 5.69 Å². The van der Waals surface area contributed by atoms with Crippen molar-refractivity contribution in [3.05, 3.63) is 60.2 Å². The highest BCUT2D eigenvalue weighted by atomic mass is 16.5. The lowest BCUT2D eigenvalue weighted by atomic mass is 10.1. The topological polar surface area (TPSA) is 81.7 Å². The van der Waals surface area contributed by atoms with Gasteiger partial charge in [-0.25, -0.2) is 4.68 Å². The van der Waals surface area contributed by atoms with E-state index in [0.29, 0.717) is 13.2 Å². The molecule has 1 saturated heterocycles. The normalized spacial score (nSPS) is 17.2. The van der Waals surface area contributed by atoms with Gasteiger partial charge in [-0.15, -0.1) is 0 Å². The van der Waals surface area contributed by atoms with Gasteiger partial charge in [0.2, 0.25) is 0 Å². The van der Waals surface area contributed by atoms with Crippen molar-refractivity contribution in [2.75, 3.05) is 33.9 Å². The van der Waals surface area contributed by atoms with E-state index in [9.17, 15) is 0 Å². The molecule has 0 radical (unpaired) electrons. The molecule has 2 aromatic heterocycles. The first-order valence-electron chi connectivity index (χ1n) is 9.91. The van der Waals surface area contributed by atoms with Gasteiger partial charge in [0.05, 0.1) is 44.4 Å². The zero-order valence-corrected chi connectivity index (χ0v) is 17.5. The summed E-state index contributed by atoms with van der Waals surface area (Å²) in [5, 5.41) is 12.3. The van der Waals surface area contributed by atoms with Gasteiger partial charge in [0.1, 0.15) is 11.9 Å².